The van der Waals surface area contributed by atoms with Crippen molar-refractivity contribution >= 4 is 11.9 Å². The first-order valence-corrected chi connectivity index (χ1v) is 3.09. The summed E-state index contributed by atoms with van der Waals surface area (Å²) in [6, 6.07) is 1.69. The van der Waals surface area contributed by atoms with Gasteiger partial charge < -0.3 is 16.4 Å². The molecule has 0 aromatic heterocycles. The highest BCUT2D eigenvalue weighted by molar-refractivity contribution is 5.91. The fourth-order valence-corrected chi connectivity index (χ4v) is 0.258. The van der Waals surface area contributed by atoms with Gasteiger partial charge in [0.1, 0.15) is 0 Å². The molecule has 6 heteroatoms. The highest BCUT2D eigenvalue weighted by atomic mass is 16.4. The monoisotopic (exact) mass is 200 g/mol. The normalized spacial score (nSPS) is 6.50. The third-order valence-corrected chi connectivity index (χ3v) is 0.758. The second-order valence-corrected chi connectivity index (χ2v) is 1.81. The van der Waals surface area contributed by atoms with Crippen molar-refractivity contribution in [3.05, 3.63) is 24.8 Å². The molecule has 0 fully saturated rings. The van der Waals surface area contributed by atoms with E-state index in [1.807, 2.05) is 0 Å². The number of carbonyl (C=O) groups is 2. The summed E-state index contributed by atoms with van der Waals surface area (Å²) >= 11 is 0. The molecule has 78 valence electrons. The molecule has 0 aromatic carbocycles. The van der Waals surface area contributed by atoms with Gasteiger partial charge in [-0.2, -0.15) is 5.26 Å². The molecular weight excluding hydrogens is 188 g/mol. The van der Waals surface area contributed by atoms with E-state index in [2.05, 4.69) is 13.2 Å². The summed E-state index contributed by atoms with van der Waals surface area (Å²) in [5, 5.41) is 23.6. The van der Waals surface area contributed by atoms with Crippen molar-refractivity contribution in [2.45, 2.75) is 6.42 Å². The van der Waals surface area contributed by atoms with E-state index in [0.717, 1.165) is 0 Å². The van der Waals surface area contributed by atoms with Crippen molar-refractivity contribution in [3.63, 3.8) is 0 Å². The fraction of sp³-hybridized carbons (Fsp3) is 0.125. The molecule has 0 rings (SSSR count). The maximum atomic E-state index is 9.87. The van der Waals surface area contributed by atoms with Crippen LogP contribution in [-0.2, 0) is 9.59 Å². The van der Waals surface area contributed by atoms with E-state index in [1.54, 1.807) is 6.07 Å². The van der Waals surface area contributed by atoms with Crippen molar-refractivity contribution in [1.29, 1.82) is 5.26 Å². The van der Waals surface area contributed by atoms with Crippen molar-refractivity contribution in [2.75, 3.05) is 0 Å². The van der Waals surface area contributed by atoms with Crippen molar-refractivity contribution in [3.8, 4) is 6.07 Å². The predicted octanol–water partition coefficient (Wildman–Crippen LogP) is 0.960. The van der Waals surface area contributed by atoms with Gasteiger partial charge in [-0.3, -0.25) is 4.79 Å². The zero-order chi connectivity index (χ0) is 10.9. The van der Waals surface area contributed by atoms with Crippen LogP contribution in [0.4, 0.5) is 0 Å². The number of carboxylic acid groups (broad SMARTS) is 2. The van der Waals surface area contributed by atoms with Gasteiger partial charge in [-0.1, -0.05) is 13.2 Å². The van der Waals surface area contributed by atoms with Gasteiger partial charge >= 0.3 is 11.9 Å². The van der Waals surface area contributed by atoms with Crippen LogP contribution in [0.2, 0.25) is 0 Å². The van der Waals surface area contributed by atoms with E-state index in [0.29, 0.717) is 0 Å². The van der Waals surface area contributed by atoms with Gasteiger partial charge in [0.2, 0.25) is 0 Å². The van der Waals surface area contributed by atoms with Crippen molar-refractivity contribution < 1.29 is 19.8 Å². The second-order valence-electron chi connectivity index (χ2n) is 1.81. The van der Waals surface area contributed by atoms with Crippen molar-refractivity contribution in [2.24, 2.45) is 0 Å². The van der Waals surface area contributed by atoms with Gasteiger partial charge in [0.25, 0.3) is 0 Å². The quantitative estimate of drug-likeness (QED) is 0.458. The predicted molar refractivity (Wildman–Crippen MR) is 49.9 cm³/mol. The number of hydrogen-bond acceptors (Lipinski definition) is 4. The third-order valence-electron chi connectivity index (χ3n) is 0.758. The molecular formula is C8H12N2O4. The molecule has 0 saturated heterocycles. The minimum absolute atomic E-state index is 0. The Morgan fingerprint density at radius 2 is 1.79 bits per heavy atom. The molecule has 5 N–H and O–H groups in total. The maximum Gasteiger partial charge on any atom is 0.331 e. The van der Waals surface area contributed by atoms with Crippen molar-refractivity contribution in [1.82, 2.24) is 6.15 Å². The topological polar surface area (TPSA) is 133 Å². The third kappa shape index (κ3) is 16.5. The molecule has 0 aromatic rings. The molecule has 0 aliphatic heterocycles. The minimum atomic E-state index is -1.27. The largest absolute Gasteiger partial charge is 0.481 e. The molecule has 0 heterocycles. The molecule has 6 nitrogen and oxygen atoms in total. The summed E-state index contributed by atoms with van der Waals surface area (Å²) < 4.78 is 0. The molecule has 0 bridgehead atoms. The van der Waals surface area contributed by atoms with Crippen LogP contribution in [0.1, 0.15) is 6.42 Å². The summed E-state index contributed by atoms with van der Waals surface area (Å²) in [6.45, 7) is 6.13. The average molecular weight is 200 g/mol. The summed E-state index contributed by atoms with van der Waals surface area (Å²) in [6.07, 6.45) is 0.676. The van der Waals surface area contributed by atoms with Crippen LogP contribution in [0.15, 0.2) is 24.8 Å². The molecule has 0 spiro atoms. The molecule has 0 unspecified atom stereocenters. The highest BCUT2D eigenvalue weighted by Crippen LogP contribution is 1.95. The van der Waals surface area contributed by atoms with Gasteiger partial charge in [0.05, 0.1) is 12.5 Å². The van der Waals surface area contributed by atoms with Gasteiger partial charge in [-0.15, -0.1) is 0 Å². The van der Waals surface area contributed by atoms with Crippen LogP contribution in [0.3, 0.4) is 0 Å². The highest BCUT2D eigenvalue weighted by Gasteiger charge is 2.07. The van der Waals surface area contributed by atoms with Crippen LogP contribution >= 0.6 is 0 Å². The number of nitriles is 1. The first kappa shape index (κ1) is 17.8. The van der Waals surface area contributed by atoms with Gasteiger partial charge in [0, 0.05) is 11.6 Å². The lowest BCUT2D eigenvalue weighted by atomic mass is 10.2. The Hall–Kier alpha value is -2.13. The zero-order valence-corrected chi connectivity index (χ0v) is 7.56. The maximum absolute atomic E-state index is 9.87. The minimum Gasteiger partial charge on any atom is -0.481 e. The molecule has 0 atom stereocenters. The van der Waals surface area contributed by atoms with E-state index in [9.17, 15) is 9.59 Å². The Kier molecular flexibility index (Phi) is 13.8. The molecule has 0 aliphatic carbocycles. The number of rotatable bonds is 3. The Bertz CT molecular complexity index is 265. The number of carboxylic acids is 2. The number of allylic oxidation sites excluding steroid dienone is 1. The van der Waals surface area contributed by atoms with Crippen LogP contribution in [0, 0.1) is 11.3 Å². The summed E-state index contributed by atoms with van der Waals surface area (Å²) in [5.74, 6) is -2.44. The number of hydrogen-bond donors (Lipinski definition) is 3. The SMILES string of the molecule is C=C(CC(=O)O)C(=O)O.C=CC#N.N. The van der Waals surface area contributed by atoms with Crippen LogP contribution in [0.25, 0.3) is 0 Å². The summed E-state index contributed by atoms with van der Waals surface area (Å²) in [5.41, 5.74) is -0.303. The standard InChI is InChI=1S/C5H6O4.C3H3N.H3N/c1-3(5(8)9)2-4(6)7;1-2-3-4;/h1-2H2,(H,6,7)(H,8,9);2H,1H2;1H3. The first-order chi connectivity index (χ1) is 5.95. The molecule has 0 aliphatic rings. The average Bonchev–Trinajstić information content (AvgIpc) is 2.03. The second kappa shape index (κ2) is 10.9. The number of aliphatic carboxylic acids is 2. The van der Waals surface area contributed by atoms with E-state index in [1.165, 1.54) is 6.08 Å². The molecule has 0 saturated carbocycles. The van der Waals surface area contributed by atoms with Gasteiger partial charge in [-0.05, 0) is 0 Å². The van der Waals surface area contributed by atoms with Gasteiger partial charge in [-0.25, -0.2) is 4.79 Å². The van der Waals surface area contributed by atoms with Crippen LogP contribution < -0.4 is 6.15 Å². The fourth-order valence-electron chi connectivity index (χ4n) is 0.258. The van der Waals surface area contributed by atoms with Crippen LogP contribution in [-0.4, -0.2) is 22.2 Å². The Balaban J connectivity index is -0.000000209. The molecule has 14 heavy (non-hydrogen) atoms. The van der Waals surface area contributed by atoms with E-state index in [-0.39, 0.29) is 11.7 Å². The lowest BCUT2D eigenvalue weighted by Crippen LogP contribution is -2.04. The molecule has 0 radical (unpaired) electrons. The van der Waals surface area contributed by atoms with E-state index >= 15 is 0 Å². The number of nitrogens with zero attached hydrogens (tertiary/aromatic N) is 1. The van der Waals surface area contributed by atoms with Crippen LogP contribution in [0.5, 0.6) is 0 Å². The smallest absolute Gasteiger partial charge is 0.331 e. The zero-order valence-electron chi connectivity index (χ0n) is 7.56. The lowest BCUT2D eigenvalue weighted by Gasteiger charge is -1.91. The van der Waals surface area contributed by atoms with E-state index in [4.69, 9.17) is 15.5 Å². The Labute approximate surface area is 81.4 Å². The Morgan fingerprint density at radius 1 is 1.43 bits per heavy atom. The lowest BCUT2D eigenvalue weighted by molar-refractivity contribution is -0.139. The molecule has 0 amide bonds. The van der Waals surface area contributed by atoms with Gasteiger partial charge in [0.15, 0.2) is 0 Å². The van der Waals surface area contributed by atoms with E-state index < -0.39 is 18.4 Å². The summed E-state index contributed by atoms with van der Waals surface area (Å²) in [4.78, 5) is 19.7. The Morgan fingerprint density at radius 3 is 1.86 bits per heavy atom. The summed E-state index contributed by atoms with van der Waals surface area (Å²) in [7, 11) is 0. The first-order valence-electron chi connectivity index (χ1n) is 3.09.